The number of hydrogen-bond acceptors (Lipinski definition) is 4. The monoisotopic (exact) mass is 323 g/mol. The molecule has 1 aliphatic heterocycles. The number of likely N-dealkylation sites (tertiary alicyclic amines) is 1. The fourth-order valence-corrected chi connectivity index (χ4v) is 3.54. The molecule has 0 spiro atoms. The quantitative estimate of drug-likeness (QED) is 0.785. The Morgan fingerprint density at radius 1 is 1.04 bits per heavy atom. The molecular formula is C20H25N3O. The SMILES string of the molecule is c1ccc(CN2CC[C@@H](OCC3CC3)[C@@H]2Cc2ccncc2)nc1. The van der Waals surface area contributed by atoms with Crippen LogP contribution in [0.25, 0.3) is 0 Å². The Morgan fingerprint density at radius 3 is 2.67 bits per heavy atom. The molecule has 126 valence electrons. The van der Waals surface area contributed by atoms with Gasteiger partial charge >= 0.3 is 0 Å². The number of rotatable bonds is 7. The van der Waals surface area contributed by atoms with Crippen LogP contribution in [0.5, 0.6) is 0 Å². The van der Waals surface area contributed by atoms with E-state index >= 15 is 0 Å². The second-order valence-electron chi connectivity index (χ2n) is 7.02. The van der Waals surface area contributed by atoms with E-state index in [0.717, 1.165) is 44.1 Å². The van der Waals surface area contributed by atoms with E-state index in [1.165, 1.54) is 18.4 Å². The van der Waals surface area contributed by atoms with Crippen LogP contribution in [0, 0.1) is 5.92 Å². The van der Waals surface area contributed by atoms with Crippen LogP contribution in [-0.2, 0) is 17.7 Å². The van der Waals surface area contributed by atoms with E-state index in [1.807, 2.05) is 24.7 Å². The summed E-state index contributed by atoms with van der Waals surface area (Å²) in [5.74, 6) is 0.816. The van der Waals surface area contributed by atoms with E-state index in [2.05, 4.69) is 39.1 Å². The van der Waals surface area contributed by atoms with Crippen molar-refractivity contribution in [3.05, 3.63) is 60.2 Å². The maximum atomic E-state index is 6.30. The molecule has 1 saturated carbocycles. The summed E-state index contributed by atoms with van der Waals surface area (Å²) in [5, 5.41) is 0. The van der Waals surface area contributed by atoms with Crippen molar-refractivity contribution in [3.8, 4) is 0 Å². The van der Waals surface area contributed by atoms with Gasteiger partial charge in [-0.25, -0.2) is 0 Å². The lowest BCUT2D eigenvalue weighted by molar-refractivity contribution is 0.0195. The van der Waals surface area contributed by atoms with Crippen molar-refractivity contribution >= 4 is 0 Å². The Hall–Kier alpha value is -1.78. The number of ether oxygens (including phenoxy) is 1. The highest BCUT2D eigenvalue weighted by Crippen LogP contribution is 2.32. The molecule has 0 unspecified atom stereocenters. The summed E-state index contributed by atoms with van der Waals surface area (Å²) in [5.41, 5.74) is 2.48. The molecule has 3 heterocycles. The highest BCUT2D eigenvalue weighted by molar-refractivity contribution is 5.14. The van der Waals surface area contributed by atoms with Crippen LogP contribution in [0.3, 0.4) is 0 Å². The molecule has 1 aliphatic carbocycles. The standard InChI is InChI=1S/C20H25N3O/c1-2-9-22-18(3-1)14-23-12-8-20(24-15-17-4-5-17)19(23)13-16-6-10-21-11-7-16/h1-3,6-7,9-11,17,19-20H,4-5,8,12-15H2/t19-,20+/m0/s1. The van der Waals surface area contributed by atoms with Crippen LogP contribution in [0.4, 0.5) is 0 Å². The molecule has 0 radical (unpaired) electrons. The van der Waals surface area contributed by atoms with Crippen molar-refractivity contribution in [2.24, 2.45) is 5.92 Å². The molecule has 0 N–H and O–H groups in total. The highest BCUT2D eigenvalue weighted by atomic mass is 16.5. The van der Waals surface area contributed by atoms with Gasteiger partial charge in [-0.1, -0.05) is 6.07 Å². The topological polar surface area (TPSA) is 38.2 Å². The lowest BCUT2D eigenvalue weighted by atomic mass is 10.0. The maximum absolute atomic E-state index is 6.30. The van der Waals surface area contributed by atoms with Crippen molar-refractivity contribution in [2.45, 2.75) is 44.4 Å². The summed E-state index contributed by atoms with van der Waals surface area (Å²) < 4.78 is 6.30. The molecule has 2 aromatic rings. The second kappa shape index (κ2) is 7.41. The first-order chi connectivity index (χ1) is 11.9. The summed E-state index contributed by atoms with van der Waals surface area (Å²) in [7, 11) is 0. The molecule has 2 fully saturated rings. The Bertz CT molecular complexity index is 630. The van der Waals surface area contributed by atoms with Crippen molar-refractivity contribution in [3.63, 3.8) is 0 Å². The average Bonchev–Trinajstić information content (AvgIpc) is 3.39. The van der Waals surface area contributed by atoms with Gasteiger partial charge in [0.05, 0.1) is 11.8 Å². The van der Waals surface area contributed by atoms with Gasteiger partial charge in [0.15, 0.2) is 0 Å². The van der Waals surface area contributed by atoms with E-state index in [1.54, 1.807) is 0 Å². The third kappa shape index (κ3) is 4.00. The Labute approximate surface area is 143 Å². The molecule has 0 aromatic carbocycles. The van der Waals surface area contributed by atoms with Gasteiger partial charge in [0.25, 0.3) is 0 Å². The average molecular weight is 323 g/mol. The first-order valence-corrected chi connectivity index (χ1v) is 9.03. The minimum absolute atomic E-state index is 0.336. The first-order valence-electron chi connectivity index (χ1n) is 9.03. The molecular weight excluding hydrogens is 298 g/mol. The van der Waals surface area contributed by atoms with E-state index in [-0.39, 0.29) is 0 Å². The highest BCUT2D eigenvalue weighted by Gasteiger charge is 2.36. The third-order valence-electron chi connectivity index (χ3n) is 5.13. The van der Waals surface area contributed by atoms with Gasteiger partial charge in [0.1, 0.15) is 0 Å². The van der Waals surface area contributed by atoms with Crippen LogP contribution in [0.2, 0.25) is 0 Å². The van der Waals surface area contributed by atoms with Gasteiger partial charge in [-0.05, 0) is 61.4 Å². The fraction of sp³-hybridized carbons (Fsp3) is 0.500. The van der Waals surface area contributed by atoms with Crippen LogP contribution in [0.1, 0.15) is 30.5 Å². The van der Waals surface area contributed by atoms with E-state index in [4.69, 9.17) is 4.74 Å². The zero-order valence-corrected chi connectivity index (χ0v) is 14.1. The molecule has 4 nitrogen and oxygen atoms in total. The van der Waals surface area contributed by atoms with Gasteiger partial charge in [0, 0.05) is 44.3 Å². The Balaban J connectivity index is 1.46. The minimum atomic E-state index is 0.336. The number of hydrogen-bond donors (Lipinski definition) is 0. The minimum Gasteiger partial charge on any atom is -0.376 e. The molecule has 0 bridgehead atoms. The molecule has 0 amide bonds. The van der Waals surface area contributed by atoms with Crippen molar-refractivity contribution in [1.82, 2.24) is 14.9 Å². The van der Waals surface area contributed by atoms with Gasteiger partial charge < -0.3 is 4.74 Å². The van der Waals surface area contributed by atoms with Crippen LogP contribution in [0.15, 0.2) is 48.9 Å². The first kappa shape index (κ1) is 15.7. The van der Waals surface area contributed by atoms with E-state index in [0.29, 0.717) is 12.1 Å². The third-order valence-corrected chi connectivity index (χ3v) is 5.13. The summed E-state index contributed by atoms with van der Waals surface area (Å²) in [6.45, 7) is 2.93. The Morgan fingerprint density at radius 2 is 1.92 bits per heavy atom. The summed E-state index contributed by atoms with van der Waals surface area (Å²) >= 11 is 0. The smallest absolute Gasteiger partial charge is 0.0745 e. The molecule has 2 aliphatic rings. The van der Waals surface area contributed by atoms with Crippen molar-refractivity contribution < 1.29 is 4.74 Å². The van der Waals surface area contributed by atoms with Crippen molar-refractivity contribution in [2.75, 3.05) is 13.2 Å². The van der Waals surface area contributed by atoms with Crippen LogP contribution in [-0.4, -0.2) is 40.2 Å². The zero-order chi connectivity index (χ0) is 16.2. The predicted molar refractivity (Wildman–Crippen MR) is 93.5 cm³/mol. The lowest BCUT2D eigenvalue weighted by Crippen LogP contribution is -2.38. The summed E-state index contributed by atoms with van der Waals surface area (Å²) in [6, 6.07) is 10.8. The fourth-order valence-electron chi connectivity index (χ4n) is 3.54. The summed E-state index contributed by atoms with van der Waals surface area (Å²) in [6.07, 6.45) is 10.8. The molecule has 24 heavy (non-hydrogen) atoms. The van der Waals surface area contributed by atoms with Gasteiger partial charge in [0.2, 0.25) is 0 Å². The number of nitrogens with zero attached hydrogens (tertiary/aromatic N) is 3. The number of pyridine rings is 2. The second-order valence-corrected chi connectivity index (χ2v) is 7.02. The molecule has 2 aromatic heterocycles. The number of aromatic nitrogens is 2. The largest absolute Gasteiger partial charge is 0.376 e. The predicted octanol–water partition coefficient (Wildman–Crippen LogP) is 3.09. The molecule has 1 saturated heterocycles. The van der Waals surface area contributed by atoms with Gasteiger partial charge in [-0.2, -0.15) is 0 Å². The lowest BCUT2D eigenvalue weighted by Gasteiger charge is -2.28. The van der Waals surface area contributed by atoms with Crippen LogP contribution >= 0.6 is 0 Å². The van der Waals surface area contributed by atoms with E-state index < -0.39 is 0 Å². The molecule has 4 heteroatoms. The van der Waals surface area contributed by atoms with Crippen LogP contribution < -0.4 is 0 Å². The van der Waals surface area contributed by atoms with Gasteiger partial charge in [-0.3, -0.25) is 14.9 Å². The Kier molecular flexibility index (Phi) is 4.86. The molecule has 4 rings (SSSR count). The van der Waals surface area contributed by atoms with E-state index in [9.17, 15) is 0 Å². The van der Waals surface area contributed by atoms with Gasteiger partial charge in [-0.15, -0.1) is 0 Å². The van der Waals surface area contributed by atoms with Crippen molar-refractivity contribution in [1.29, 1.82) is 0 Å². The maximum Gasteiger partial charge on any atom is 0.0745 e. The molecule has 2 atom stereocenters. The summed E-state index contributed by atoms with van der Waals surface area (Å²) in [4.78, 5) is 11.2. The normalized spacial score (nSPS) is 24.3. The zero-order valence-electron chi connectivity index (χ0n) is 14.1.